The molecule has 0 saturated carbocycles. The van der Waals surface area contributed by atoms with E-state index in [0.717, 1.165) is 46.7 Å². The monoisotopic (exact) mass is 529 g/mol. The highest BCUT2D eigenvalue weighted by Crippen LogP contribution is 2.39. The number of thioether (sulfide) groups is 1. The van der Waals surface area contributed by atoms with Crippen molar-refractivity contribution in [2.75, 3.05) is 11.1 Å². The third-order valence-corrected chi connectivity index (χ3v) is 8.83. The molecular weight excluding hydrogens is 502 g/mol. The van der Waals surface area contributed by atoms with Gasteiger partial charge in [0.2, 0.25) is 5.91 Å². The van der Waals surface area contributed by atoms with Gasteiger partial charge in [0.15, 0.2) is 11.0 Å². The Hall–Kier alpha value is -2.54. The molecule has 1 N–H and O–H groups in total. The SMILES string of the molecule is CCn1c(COc2cc(C)c(Cl)c(C)c2)nnc1SCC(=O)Nc1sc2c(c1C#N)CCC(C)C2. The second-order valence-corrected chi connectivity index (χ2v) is 11.2. The largest absolute Gasteiger partial charge is 0.486 e. The molecule has 10 heteroatoms. The number of nitrogens with zero attached hydrogens (tertiary/aromatic N) is 4. The molecule has 0 fully saturated rings. The number of benzene rings is 1. The van der Waals surface area contributed by atoms with Crippen molar-refractivity contribution in [2.24, 2.45) is 5.92 Å². The topological polar surface area (TPSA) is 92.8 Å². The van der Waals surface area contributed by atoms with Crippen LogP contribution in [-0.2, 0) is 30.8 Å². The Balaban J connectivity index is 1.38. The summed E-state index contributed by atoms with van der Waals surface area (Å²) in [7, 11) is 0. The van der Waals surface area contributed by atoms with Crippen molar-refractivity contribution in [1.82, 2.24) is 14.8 Å². The van der Waals surface area contributed by atoms with E-state index >= 15 is 0 Å². The van der Waals surface area contributed by atoms with Crippen molar-refractivity contribution in [2.45, 2.75) is 65.3 Å². The number of hydrogen-bond acceptors (Lipinski definition) is 7. The maximum Gasteiger partial charge on any atom is 0.235 e. The van der Waals surface area contributed by atoms with Gasteiger partial charge in [-0.2, -0.15) is 5.26 Å². The predicted octanol–water partition coefficient (Wildman–Crippen LogP) is 5.94. The number of nitrogens with one attached hydrogen (secondary N) is 1. The number of aryl methyl sites for hydroxylation is 2. The van der Waals surface area contributed by atoms with Crippen molar-refractivity contribution in [3.8, 4) is 11.8 Å². The molecule has 1 aliphatic rings. The van der Waals surface area contributed by atoms with E-state index in [1.54, 1.807) is 0 Å². The molecule has 7 nitrogen and oxygen atoms in total. The van der Waals surface area contributed by atoms with Crippen LogP contribution in [-0.4, -0.2) is 26.4 Å². The number of anilines is 1. The Kier molecular flexibility index (Phi) is 8.05. The van der Waals surface area contributed by atoms with E-state index in [9.17, 15) is 10.1 Å². The minimum Gasteiger partial charge on any atom is -0.486 e. The molecule has 1 amide bonds. The predicted molar refractivity (Wildman–Crippen MR) is 141 cm³/mol. The molecule has 1 aliphatic carbocycles. The zero-order valence-corrected chi connectivity index (χ0v) is 22.7. The number of carbonyl (C=O) groups is 1. The van der Waals surface area contributed by atoms with Gasteiger partial charge < -0.3 is 14.6 Å². The first-order valence-electron chi connectivity index (χ1n) is 11.6. The second-order valence-electron chi connectivity index (χ2n) is 8.81. The van der Waals surface area contributed by atoms with E-state index in [4.69, 9.17) is 16.3 Å². The first-order valence-corrected chi connectivity index (χ1v) is 13.8. The molecule has 1 atom stereocenters. The second kappa shape index (κ2) is 11.0. The lowest BCUT2D eigenvalue weighted by Gasteiger charge is -2.17. The number of halogens is 1. The summed E-state index contributed by atoms with van der Waals surface area (Å²) >= 11 is 9.11. The third kappa shape index (κ3) is 5.66. The van der Waals surface area contributed by atoms with E-state index in [2.05, 4.69) is 28.5 Å². The summed E-state index contributed by atoms with van der Waals surface area (Å²) in [6.45, 7) is 9.04. The Bertz CT molecular complexity index is 1270. The maximum atomic E-state index is 12.7. The van der Waals surface area contributed by atoms with E-state index in [1.165, 1.54) is 28.0 Å². The van der Waals surface area contributed by atoms with Crippen LogP contribution in [0.5, 0.6) is 5.75 Å². The number of fused-ring (bicyclic) bond motifs is 1. The van der Waals surface area contributed by atoms with Gasteiger partial charge in [-0.15, -0.1) is 21.5 Å². The summed E-state index contributed by atoms with van der Waals surface area (Å²) in [5.74, 6) is 2.04. The van der Waals surface area contributed by atoms with E-state index < -0.39 is 0 Å². The van der Waals surface area contributed by atoms with Crippen LogP contribution in [0.4, 0.5) is 5.00 Å². The lowest BCUT2D eigenvalue weighted by Crippen LogP contribution is -2.15. The normalized spacial score (nSPS) is 14.9. The van der Waals surface area contributed by atoms with E-state index in [1.807, 2.05) is 37.5 Å². The molecule has 35 heavy (non-hydrogen) atoms. The van der Waals surface area contributed by atoms with Crippen LogP contribution in [0.3, 0.4) is 0 Å². The van der Waals surface area contributed by atoms with Crippen molar-refractivity contribution in [3.63, 3.8) is 0 Å². The highest BCUT2D eigenvalue weighted by Gasteiger charge is 2.25. The number of ether oxygens (including phenoxy) is 1. The molecule has 2 heterocycles. The van der Waals surface area contributed by atoms with Gasteiger partial charge in [-0.05, 0) is 74.8 Å². The first-order chi connectivity index (χ1) is 16.8. The molecule has 0 saturated heterocycles. The smallest absolute Gasteiger partial charge is 0.235 e. The molecule has 0 radical (unpaired) electrons. The van der Waals surface area contributed by atoms with Crippen LogP contribution in [0.25, 0.3) is 0 Å². The Morgan fingerprint density at radius 3 is 2.80 bits per heavy atom. The highest BCUT2D eigenvalue weighted by atomic mass is 35.5. The van der Waals surface area contributed by atoms with Crippen LogP contribution in [0.2, 0.25) is 5.02 Å². The number of hydrogen-bond donors (Lipinski definition) is 1. The van der Waals surface area contributed by atoms with Crippen LogP contribution < -0.4 is 10.1 Å². The van der Waals surface area contributed by atoms with Crippen LogP contribution in [0, 0.1) is 31.1 Å². The van der Waals surface area contributed by atoms with Gasteiger partial charge >= 0.3 is 0 Å². The van der Waals surface area contributed by atoms with Crippen LogP contribution in [0.1, 0.15) is 53.2 Å². The standard InChI is InChI=1S/C25H28ClN5O2S2/c1-5-31-21(12-33-17-9-15(3)23(26)16(4)10-17)29-30-25(31)34-13-22(32)28-24-19(11-27)18-7-6-14(2)8-20(18)35-24/h9-10,14H,5-8,12-13H2,1-4H3,(H,28,32). The van der Waals surface area contributed by atoms with Gasteiger partial charge in [-0.1, -0.05) is 30.3 Å². The lowest BCUT2D eigenvalue weighted by molar-refractivity contribution is -0.113. The van der Waals surface area contributed by atoms with Gasteiger partial charge in [0.05, 0.1) is 11.3 Å². The summed E-state index contributed by atoms with van der Waals surface area (Å²) in [5.41, 5.74) is 3.65. The van der Waals surface area contributed by atoms with Gasteiger partial charge in [0.1, 0.15) is 23.4 Å². The summed E-state index contributed by atoms with van der Waals surface area (Å²) in [6, 6.07) is 6.10. The van der Waals surface area contributed by atoms with Gasteiger partial charge in [0.25, 0.3) is 0 Å². The number of aromatic nitrogens is 3. The molecule has 2 aromatic heterocycles. The maximum absolute atomic E-state index is 12.7. The van der Waals surface area contributed by atoms with Crippen molar-refractivity contribution in [1.29, 1.82) is 5.26 Å². The van der Waals surface area contributed by atoms with Crippen molar-refractivity contribution >= 4 is 45.6 Å². The fourth-order valence-corrected chi connectivity index (χ4v) is 6.55. The molecule has 0 aliphatic heterocycles. The van der Waals surface area contributed by atoms with E-state index in [0.29, 0.717) is 34.0 Å². The summed E-state index contributed by atoms with van der Waals surface area (Å²) in [4.78, 5) is 13.9. The van der Waals surface area contributed by atoms with Crippen LogP contribution >= 0.6 is 34.7 Å². The fraction of sp³-hybridized carbons (Fsp3) is 0.440. The number of thiophene rings is 1. The molecule has 1 unspecified atom stereocenters. The molecule has 0 spiro atoms. The molecule has 0 bridgehead atoms. The minimum atomic E-state index is -0.159. The van der Waals surface area contributed by atoms with E-state index in [-0.39, 0.29) is 18.3 Å². The average molecular weight is 530 g/mol. The fourth-order valence-electron chi connectivity index (χ4n) is 4.24. The molecular formula is C25H28ClN5O2S2. The lowest BCUT2D eigenvalue weighted by atomic mass is 9.89. The van der Waals surface area contributed by atoms with Crippen molar-refractivity contribution < 1.29 is 9.53 Å². The summed E-state index contributed by atoms with van der Waals surface area (Å²) < 4.78 is 7.89. The number of amides is 1. The Morgan fingerprint density at radius 1 is 1.37 bits per heavy atom. The third-order valence-electron chi connectivity index (χ3n) is 6.10. The Morgan fingerprint density at radius 2 is 2.11 bits per heavy atom. The zero-order chi connectivity index (χ0) is 25.1. The quantitative estimate of drug-likeness (QED) is 0.363. The van der Waals surface area contributed by atoms with Gasteiger partial charge in [0, 0.05) is 16.4 Å². The van der Waals surface area contributed by atoms with Gasteiger partial charge in [-0.25, -0.2) is 0 Å². The highest BCUT2D eigenvalue weighted by molar-refractivity contribution is 7.99. The number of carbonyl (C=O) groups excluding carboxylic acids is 1. The van der Waals surface area contributed by atoms with Crippen LogP contribution in [0.15, 0.2) is 17.3 Å². The molecule has 4 rings (SSSR count). The zero-order valence-electron chi connectivity index (χ0n) is 20.3. The molecule has 1 aromatic carbocycles. The summed E-state index contributed by atoms with van der Waals surface area (Å²) in [6.07, 6.45) is 2.96. The Labute approximate surface area is 218 Å². The average Bonchev–Trinajstić information content (AvgIpc) is 3.38. The summed E-state index contributed by atoms with van der Waals surface area (Å²) in [5, 5.41) is 23.2. The number of nitriles is 1. The molecule has 3 aromatic rings. The minimum absolute atomic E-state index is 0.159. The van der Waals surface area contributed by atoms with Gasteiger partial charge in [-0.3, -0.25) is 4.79 Å². The first kappa shape index (κ1) is 25.5. The number of rotatable bonds is 8. The van der Waals surface area contributed by atoms with Crippen molar-refractivity contribution in [3.05, 3.63) is 50.1 Å². The molecule has 184 valence electrons.